The zero-order valence-corrected chi connectivity index (χ0v) is 12.3. The molecule has 0 spiro atoms. The highest BCUT2D eigenvalue weighted by molar-refractivity contribution is 6.32. The molecular formula is C13H18Cl2N2O2. The summed E-state index contributed by atoms with van der Waals surface area (Å²) in [4.78, 5) is 13.5. The molecule has 1 aliphatic rings. The quantitative estimate of drug-likeness (QED) is 0.930. The number of halogens is 2. The van der Waals surface area contributed by atoms with Crippen molar-refractivity contribution >= 4 is 29.9 Å². The number of amides is 1. The van der Waals surface area contributed by atoms with Crippen LogP contribution < -0.4 is 10.5 Å². The minimum absolute atomic E-state index is 0. The predicted molar refractivity (Wildman–Crippen MR) is 78.0 cm³/mol. The summed E-state index contributed by atoms with van der Waals surface area (Å²) in [6, 6.07) is 6.90. The SMILES string of the molecule is C[C@@H](N)C(=O)N1CCC(Oc2ccccc2Cl)C1.Cl. The number of likely N-dealkylation sites (tertiary alicyclic amines) is 1. The van der Waals surface area contributed by atoms with Gasteiger partial charge in [-0.15, -0.1) is 12.4 Å². The number of carbonyl (C=O) groups is 1. The molecule has 2 rings (SSSR count). The number of para-hydroxylation sites is 1. The zero-order chi connectivity index (χ0) is 13.1. The summed E-state index contributed by atoms with van der Waals surface area (Å²) in [6.45, 7) is 2.96. The summed E-state index contributed by atoms with van der Waals surface area (Å²) in [5.41, 5.74) is 5.58. The van der Waals surface area contributed by atoms with Gasteiger partial charge in [-0.3, -0.25) is 4.79 Å². The molecular weight excluding hydrogens is 287 g/mol. The Labute approximate surface area is 124 Å². The van der Waals surface area contributed by atoms with E-state index >= 15 is 0 Å². The Balaban J connectivity index is 0.00000180. The van der Waals surface area contributed by atoms with Crippen LogP contribution in [0.15, 0.2) is 24.3 Å². The molecule has 0 radical (unpaired) electrons. The number of carbonyl (C=O) groups excluding carboxylic acids is 1. The van der Waals surface area contributed by atoms with Gasteiger partial charge in [0.25, 0.3) is 0 Å². The molecule has 1 amide bonds. The smallest absolute Gasteiger partial charge is 0.239 e. The largest absolute Gasteiger partial charge is 0.487 e. The van der Waals surface area contributed by atoms with Crippen molar-refractivity contribution in [3.63, 3.8) is 0 Å². The lowest BCUT2D eigenvalue weighted by atomic mass is 10.3. The minimum Gasteiger partial charge on any atom is -0.487 e. The van der Waals surface area contributed by atoms with Crippen molar-refractivity contribution in [3.05, 3.63) is 29.3 Å². The van der Waals surface area contributed by atoms with Crippen LogP contribution in [0.4, 0.5) is 0 Å². The Morgan fingerprint density at radius 3 is 2.84 bits per heavy atom. The maximum Gasteiger partial charge on any atom is 0.239 e. The highest BCUT2D eigenvalue weighted by Gasteiger charge is 2.29. The molecule has 1 aromatic rings. The Bertz CT molecular complexity index is 440. The molecule has 1 heterocycles. The average molecular weight is 305 g/mol. The van der Waals surface area contributed by atoms with Crippen molar-refractivity contribution < 1.29 is 9.53 Å². The van der Waals surface area contributed by atoms with Gasteiger partial charge in [-0.05, 0) is 19.1 Å². The van der Waals surface area contributed by atoms with E-state index in [2.05, 4.69) is 0 Å². The molecule has 1 fully saturated rings. The van der Waals surface area contributed by atoms with Gasteiger partial charge in [0.15, 0.2) is 0 Å². The summed E-state index contributed by atoms with van der Waals surface area (Å²) in [7, 11) is 0. The van der Waals surface area contributed by atoms with Crippen LogP contribution in [0, 0.1) is 0 Å². The monoisotopic (exact) mass is 304 g/mol. The Kier molecular flexibility index (Phi) is 5.91. The second-order valence-corrected chi connectivity index (χ2v) is 4.94. The fourth-order valence-electron chi connectivity index (χ4n) is 2.03. The summed E-state index contributed by atoms with van der Waals surface area (Å²) < 4.78 is 5.80. The third kappa shape index (κ3) is 4.00. The van der Waals surface area contributed by atoms with Crippen molar-refractivity contribution in [3.8, 4) is 5.75 Å². The van der Waals surface area contributed by atoms with Crippen LogP contribution in [-0.2, 0) is 4.79 Å². The number of rotatable bonds is 3. The lowest BCUT2D eigenvalue weighted by Crippen LogP contribution is -2.41. The second-order valence-electron chi connectivity index (χ2n) is 4.53. The molecule has 1 saturated heterocycles. The standard InChI is InChI=1S/C13H17ClN2O2.ClH/c1-9(15)13(17)16-7-6-10(8-16)18-12-5-3-2-4-11(12)14;/h2-5,9-10H,6-8,15H2,1H3;1H/t9-,10?;/m1./s1. The van der Waals surface area contributed by atoms with Gasteiger partial charge in [-0.25, -0.2) is 0 Å². The third-order valence-corrected chi connectivity index (χ3v) is 3.29. The summed E-state index contributed by atoms with van der Waals surface area (Å²) in [5.74, 6) is 0.638. The molecule has 106 valence electrons. The molecule has 6 heteroatoms. The van der Waals surface area contributed by atoms with Crippen LogP contribution in [-0.4, -0.2) is 36.0 Å². The highest BCUT2D eigenvalue weighted by atomic mass is 35.5. The van der Waals surface area contributed by atoms with E-state index in [1.807, 2.05) is 18.2 Å². The summed E-state index contributed by atoms with van der Waals surface area (Å²) in [5, 5.41) is 0.592. The van der Waals surface area contributed by atoms with Crippen molar-refractivity contribution in [2.45, 2.75) is 25.5 Å². The first kappa shape index (κ1) is 16.1. The predicted octanol–water partition coefficient (Wildman–Crippen LogP) is 2.09. The van der Waals surface area contributed by atoms with E-state index in [0.29, 0.717) is 23.9 Å². The molecule has 0 saturated carbocycles. The van der Waals surface area contributed by atoms with E-state index in [1.54, 1.807) is 17.9 Å². The summed E-state index contributed by atoms with van der Waals surface area (Å²) >= 11 is 6.03. The second kappa shape index (κ2) is 6.98. The molecule has 1 aromatic carbocycles. The van der Waals surface area contributed by atoms with Gasteiger partial charge in [0, 0.05) is 13.0 Å². The lowest BCUT2D eigenvalue weighted by Gasteiger charge is -2.19. The molecule has 0 bridgehead atoms. The molecule has 0 aliphatic carbocycles. The Morgan fingerprint density at radius 1 is 1.53 bits per heavy atom. The van der Waals surface area contributed by atoms with Gasteiger partial charge in [0.1, 0.15) is 11.9 Å². The molecule has 2 N–H and O–H groups in total. The van der Waals surface area contributed by atoms with E-state index in [9.17, 15) is 4.79 Å². The van der Waals surface area contributed by atoms with Gasteiger partial charge in [-0.1, -0.05) is 23.7 Å². The van der Waals surface area contributed by atoms with Crippen LogP contribution in [0.25, 0.3) is 0 Å². The van der Waals surface area contributed by atoms with E-state index in [0.717, 1.165) is 6.42 Å². The van der Waals surface area contributed by atoms with Crippen molar-refractivity contribution in [1.82, 2.24) is 4.90 Å². The van der Waals surface area contributed by atoms with Crippen molar-refractivity contribution in [2.24, 2.45) is 5.73 Å². The number of hydrogen-bond acceptors (Lipinski definition) is 3. The number of nitrogens with zero attached hydrogens (tertiary/aromatic N) is 1. The van der Waals surface area contributed by atoms with Crippen molar-refractivity contribution in [2.75, 3.05) is 13.1 Å². The van der Waals surface area contributed by atoms with Crippen molar-refractivity contribution in [1.29, 1.82) is 0 Å². The van der Waals surface area contributed by atoms with Crippen LogP contribution >= 0.6 is 24.0 Å². The van der Waals surface area contributed by atoms with Crippen LogP contribution in [0.1, 0.15) is 13.3 Å². The lowest BCUT2D eigenvalue weighted by molar-refractivity contribution is -0.131. The minimum atomic E-state index is -0.455. The fourth-order valence-corrected chi connectivity index (χ4v) is 2.21. The van der Waals surface area contributed by atoms with Gasteiger partial charge < -0.3 is 15.4 Å². The Morgan fingerprint density at radius 2 is 2.21 bits per heavy atom. The van der Waals surface area contributed by atoms with Gasteiger partial charge in [0.05, 0.1) is 17.6 Å². The molecule has 1 aliphatic heterocycles. The average Bonchev–Trinajstić information content (AvgIpc) is 2.79. The fraction of sp³-hybridized carbons (Fsp3) is 0.462. The number of hydrogen-bond donors (Lipinski definition) is 1. The zero-order valence-electron chi connectivity index (χ0n) is 10.7. The van der Waals surface area contributed by atoms with E-state index in [-0.39, 0.29) is 24.4 Å². The molecule has 4 nitrogen and oxygen atoms in total. The van der Waals surface area contributed by atoms with Crippen LogP contribution in [0.2, 0.25) is 5.02 Å². The normalized spacial score (nSPS) is 19.7. The van der Waals surface area contributed by atoms with Crippen LogP contribution in [0.5, 0.6) is 5.75 Å². The maximum absolute atomic E-state index is 11.7. The van der Waals surface area contributed by atoms with E-state index in [1.165, 1.54) is 0 Å². The first-order valence-electron chi connectivity index (χ1n) is 6.03. The first-order chi connectivity index (χ1) is 8.58. The van der Waals surface area contributed by atoms with Gasteiger partial charge in [0.2, 0.25) is 5.91 Å². The van der Waals surface area contributed by atoms with E-state index < -0.39 is 6.04 Å². The number of benzene rings is 1. The number of ether oxygens (including phenoxy) is 1. The third-order valence-electron chi connectivity index (χ3n) is 2.98. The van der Waals surface area contributed by atoms with Gasteiger partial charge >= 0.3 is 0 Å². The maximum atomic E-state index is 11.7. The van der Waals surface area contributed by atoms with Crippen LogP contribution in [0.3, 0.4) is 0 Å². The van der Waals surface area contributed by atoms with E-state index in [4.69, 9.17) is 22.1 Å². The van der Waals surface area contributed by atoms with Gasteiger partial charge in [-0.2, -0.15) is 0 Å². The Hall–Kier alpha value is -0.970. The summed E-state index contributed by atoms with van der Waals surface area (Å²) in [6.07, 6.45) is 0.802. The molecule has 2 atom stereocenters. The molecule has 19 heavy (non-hydrogen) atoms. The molecule has 1 unspecified atom stereocenters. The highest BCUT2D eigenvalue weighted by Crippen LogP contribution is 2.26. The first-order valence-corrected chi connectivity index (χ1v) is 6.41. The number of nitrogens with two attached hydrogens (primary N) is 1. The molecule has 0 aromatic heterocycles. The topological polar surface area (TPSA) is 55.6 Å².